The van der Waals surface area contributed by atoms with Crippen molar-refractivity contribution in [2.45, 2.75) is 19.8 Å². The van der Waals surface area contributed by atoms with E-state index in [-0.39, 0.29) is 24.3 Å². The van der Waals surface area contributed by atoms with Crippen LogP contribution in [0.1, 0.15) is 19.8 Å². The van der Waals surface area contributed by atoms with Gasteiger partial charge in [0.25, 0.3) is 0 Å². The quantitative estimate of drug-likeness (QED) is 0.655. The van der Waals surface area contributed by atoms with Crippen LogP contribution in [0, 0.1) is 5.92 Å². The molecule has 1 aliphatic heterocycles. The third-order valence-corrected chi connectivity index (χ3v) is 2.50. The summed E-state index contributed by atoms with van der Waals surface area (Å²) in [4.78, 5) is 24.1. The number of piperidine rings is 1. The first-order chi connectivity index (χ1) is 7.13. The Morgan fingerprint density at radius 2 is 2.27 bits per heavy atom. The average Bonchev–Trinajstić information content (AvgIpc) is 2.17. The smallest absolute Gasteiger partial charge is 0.310 e. The molecule has 1 saturated heterocycles. The zero-order valence-corrected chi connectivity index (χ0v) is 9.07. The van der Waals surface area contributed by atoms with Crippen molar-refractivity contribution in [1.82, 2.24) is 4.90 Å². The van der Waals surface area contributed by atoms with Crippen LogP contribution in [-0.2, 0) is 14.3 Å². The summed E-state index contributed by atoms with van der Waals surface area (Å²) < 4.78 is 4.95. The molecule has 0 bridgehead atoms. The van der Waals surface area contributed by atoms with Crippen LogP contribution in [0.3, 0.4) is 0 Å². The lowest BCUT2D eigenvalue weighted by Gasteiger charge is -2.30. The Hall–Kier alpha value is -1.10. The Morgan fingerprint density at radius 1 is 1.53 bits per heavy atom. The van der Waals surface area contributed by atoms with Gasteiger partial charge in [0.2, 0.25) is 5.91 Å². The highest BCUT2D eigenvalue weighted by molar-refractivity contribution is 5.76. The van der Waals surface area contributed by atoms with Crippen LogP contribution in [0.2, 0.25) is 0 Å². The minimum atomic E-state index is -0.348. The van der Waals surface area contributed by atoms with Gasteiger partial charge in [0.15, 0.2) is 0 Å². The summed E-state index contributed by atoms with van der Waals surface area (Å²) in [7, 11) is 0. The molecule has 0 radical (unpaired) electrons. The first-order valence-electron chi connectivity index (χ1n) is 5.30. The van der Waals surface area contributed by atoms with E-state index in [0.717, 1.165) is 19.4 Å². The molecule has 5 nitrogen and oxygen atoms in total. The number of esters is 1. The van der Waals surface area contributed by atoms with Crippen LogP contribution < -0.4 is 5.73 Å². The molecule has 0 aliphatic carbocycles. The topological polar surface area (TPSA) is 72.6 Å². The fourth-order valence-corrected chi connectivity index (χ4v) is 1.87. The molecule has 0 spiro atoms. The lowest BCUT2D eigenvalue weighted by molar-refractivity contribution is -0.150. The van der Waals surface area contributed by atoms with Crippen molar-refractivity contribution < 1.29 is 14.3 Å². The van der Waals surface area contributed by atoms with Crippen LogP contribution in [0.5, 0.6) is 0 Å². The lowest BCUT2D eigenvalue weighted by atomic mass is 9.98. The minimum absolute atomic E-state index is 0.0990. The molecule has 5 heteroatoms. The molecule has 1 fully saturated rings. The SMILES string of the molecule is CCOC(=O)[C@@H]1CCCN(CC(N)=O)C1. The van der Waals surface area contributed by atoms with Crippen LogP contribution >= 0.6 is 0 Å². The Kier molecular flexibility index (Phi) is 4.55. The molecule has 1 heterocycles. The third-order valence-electron chi connectivity index (χ3n) is 2.50. The van der Waals surface area contributed by atoms with Gasteiger partial charge in [0.05, 0.1) is 19.1 Å². The van der Waals surface area contributed by atoms with Crippen LogP contribution in [-0.4, -0.2) is 43.0 Å². The van der Waals surface area contributed by atoms with Gasteiger partial charge in [-0.2, -0.15) is 0 Å². The fourth-order valence-electron chi connectivity index (χ4n) is 1.87. The van der Waals surface area contributed by atoms with Crippen molar-refractivity contribution in [3.05, 3.63) is 0 Å². The van der Waals surface area contributed by atoms with Crippen LogP contribution in [0.25, 0.3) is 0 Å². The minimum Gasteiger partial charge on any atom is -0.466 e. The molecular formula is C10H18N2O3. The zero-order valence-electron chi connectivity index (χ0n) is 9.07. The molecule has 2 N–H and O–H groups in total. The fraction of sp³-hybridized carbons (Fsp3) is 0.800. The highest BCUT2D eigenvalue weighted by Crippen LogP contribution is 2.17. The molecule has 1 rings (SSSR count). The van der Waals surface area contributed by atoms with E-state index < -0.39 is 0 Å². The molecule has 86 valence electrons. The Balaban J connectivity index is 2.41. The second-order valence-corrected chi connectivity index (χ2v) is 3.79. The number of rotatable bonds is 4. The number of nitrogens with two attached hydrogens (primary N) is 1. The van der Waals surface area contributed by atoms with Gasteiger partial charge in [-0.1, -0.05) is 0 Å². The van der Waals surface area contributed by atoms with Gasteiger partial charge in [0, 0.05) is 6.54 Å². The molecule has 1 amide bonds. The largest absolute Gasteiger partial charge is 0.466 e. The van der Waals surface area contributed by atoms with E-state index in [0.29, 0.717) is 13.2 Å². The summed E-state index contributed by atoms with van der Waals surface area (Å²) in [5, 5.41) is 0. The summed E-state index contributed by atoms with van der Waals surface area (Å²) in [6.07, 6.45) is 1.75. The van der Waals surface area contributed by atoms with Crippen molar-refractivity contribution in [2.75, 3.05) is 26.2 Å². The Bertz CT molecular complexity index is 243. The molecule has 0 aromatic rings. The molecule has 1 aliphatic rings. The van der Waals surface area contributed by atoms with Gasteiger partial charge >= 0.3 is 5.97 Å². The standard InChI is InChI=1S/C10H18N2O3/c1-2-15-10(14)8-4-3-5-12(6-8)7-9(11)13/h8H,2-7H2,1H3,(H2,11,13)/t8-/m1/s1. The number of nitrogens with zero attached hydrogens (tertiary/aromatic N) is 1. The van der Waals surface area contributed by atoms with Crippen LogP contribution in [0.4, 0.5) is 0 Å². The number of hydrogen-bond donors (Lipinski definition) is 1. The summed E-state index contributed by atoms with van der Waals surface area (Å²) in [6.45, 7) is 3.85. The first-order valence-corrected chi connectivity index (χ1v) is 5.30. The molecule has 0 saturated carbocycles. The van der Waals surface area contributed by atoms with Gasteiger partial charge in [0.1, 0.15) is 0 Å². The van der Waals surface area contributed by atoms with Gasteiger partial charge in [-0.05, 0) is 26.3 Å². The number of carbonyl (C=O) groups is 2. The number of carbonyl (C=O) groups excluding carboxylic acids is 2. The van der Waals surface area contributed by atoms with E-state index in [1.54, 1.807) is 6.92 Å². The van der Waals surface area contributed by atoms with Crippen molar-refractivity contribution in [2.24, 2.45) is 11.7 Å². The summed E-state index contributed by atoms with van der Waals surface area (Å²) >= 11 is 0. The van der Waals surface area contributed by atoms with Crippen molar-refractivity contribution in [1.29, 1.82) is 0 Å². The maximum Gasteiger partial charge on any atom is 0.310 e. The predicted octanol–water partition coefficient (Wildman–Crippen LogP) is -0.253. The second kappa shape index (κ2) is 5.70. The van der Waals surface area contributed by atoms with E-state index in [1.165, 1.54) is 0 Å². The number of ether oxygens (including phenoxy) is 1. The monoisotopic (exact) mass is 214 g/mol. The Morgan fingerprint density at radius 3 is 2.87 bits per heavy atom. The summed E-state index contributed by atoms with van der Waals surface area (Å²) in [5.74, 6) is -0.607. The molecule has 0 aromatic heterocycles. The predicted molar refractivity (Wildman–Crippen MR) is 55.0 cm³/mol. The van der Waals surface area contributed by atoms with E-state index >= 15 is 0 Å². The lowest BCUT2D eigenvalue weighted by Crippen LogP contribution is -2.43. The Labute approximate surface area is 89.6 Å². The van der Waals surface area contributed by atoms with Gasteiger partial charge in [-0.3, -0.25) is 14.5 Å². The van der Waals surface area contributed by atoms with E-state index in [1.807, 2.05) is 4.90 Å². The molecule has 15 heavy (non-hydrogen) atoms. The number of primary amides is 1. The maximum atomic E-state index is 11.5. The van der Waals surface area contributed by atoms with Crippen LogP contribution in [0.15, 0.2) is 0 Å². The average molecular weight is 214 g/mol. The van der Waals surface area contributed by atoms with E-state index in [9.17, 15) is 9.59 Å². The number of amides is 1. The molecular weight excluding hydrogens is 196 g/mol. The highest BCUT2D eigenvalue weighted by Gasteiger charge is 2.27. The summed E-state index contributed by atoms with van der Waals surface area (Å²) in [6, 6.07) is 0. The molecule has 1 atom stereocenters. The number of likely N-dealkylation sites (tertiary alicyclic amines) is 1. The van der Waals surface area contributed by atoms with Crippen molar-refractivity contribution >= 4 is 11.9 Å². The first kappa shape index (κ1) is 12.0. The van der Waals surface area contributed by atoms with E-state index in [4.69, 9.17) is 10.5 Å². The van der Waals surface area contributed by atoms with Crippen molar-refractivity contribution in [3.63, 3.8) is 0 Å². The maximum absolute atomic E-state index is 11.5. The van der Waals surface area contributed by atoms with Crippen molar-refractivity contribution in [3.8, 4) is 0 Å². The third kappa shape index (κ3) is 3.87. The van der Waals surface area contributed by atoms with Gasteiger partial charge < -0.3 is 10.5 Å². The normalized spacial score (nSPS) is 22.3. The van der Waals surface area contributed by atoms with Gasteiger partial charge in [-0.15, -0.1) is 0 Å². The molecule has 0 aromatic carbocycles. The second-order valence-electron chi connectivity index (χ2n) is 3.79. The summed E-state index contributed by atoms with van der Waals surface area (Å²) in [5.41, 5.74) is 5.11. The van der Waals surface area contributed by atoms with Gasteiger partial charge in [-0.25, -0.2) is 0 Å². The van der Waals surface area contributed by atoms with E-state index in [2.05, 4.69) is 0 Å². The molecule has 0 unspecified atom stereocenters. The highest BCUT2D eigenvalue weighted by atomic mass is 16.5. The number of hydrogen-bond acceptors (Lipinski definition) is 4. The zero-order chi connectivity index (χ0) is 11.3.